The summed E-state index contributed by atoms with van der Waals surface area (Å²) in [6, 6.07) is 7.57. The third-order valence-electron chi connectivity index (χ3n) is 3.70. The summed E-state index contributed by atoms with van der Waals surface area (Å²) in [4.78, 5) is 37.5. The summed E-state index contributed by atoms with van der Waals surface area (Å²) in [5.41, 5.74) is 5.29. The second-order valence-electron chi connectivity index (χ2n) is 5.48. The molecule has 0 bridgehead atoms. The predicted molar refractivity (Wildman–Crippen MR) is 94.3 cm³/mol. The minimum atomic E-state index is -0.445. The standard InChI is InChI=1S/C16H19BrN2O4S/c17-12-3-5-13(6-4-12)24-10-15(21)23-9-14(20)19-7-1-2-11(8-19)16(18)22/h3-6,11H,1-2,7-10H2,(H2,18,22)/t11-/m0/s1. The summed E-state index contributed by atoms with van der Waals surface area (Å²) in [5, 5.41) is 0. The van der Waals surface area contributed by atoms with Crippen LogP contribution in [0.25, 0.3) is 0 Å². The number of piperidine rings is 1. The number of hydrogen-bond donors (Lipinski definition) is 1. The Hall–Kier alpha value is -1.54. The Morgan fingerprint density at radius 3 is 2.67 bits per heavy atom. The first-order chi connectivity index (χ1) is 11.5. The molecule has 0 aliphatic carbocycles. The normalized spacial score (nSPS) is 17.4. The number of amides is 2. The number of halogens is 1. The number of carbonyl (C=O) groups excluding carboxylic acids is 3. The molecule has 130 valence electrons. The van der Waals surface area contributed by atoms with Crippen LogP contribution in [0.15, 0.2) is 33.6 Å². The van der Waals surface area contributed by atoms with E-state index in [1.807, 2.05) is 24.3 Å². The molecule has 1 saturated heterocycles. The third kappa shape index (κ3) is 5.83. The van der Waals surface area contributed by atoms with E-state index in [2.05, 4.69) is 15.9 Å². The Labute approximate surface area is 153 Å². The van der Waals surface area contributed by atoms with E-state index in [9.17, 15) is 14.4 Å². The Bertz CT molecular complexity index is 609. The SMILES string of the molecule is NC(=O)[C@H]1CCCN(C(=O)COC(=O)CSc2ccc(Br)cc2)C1. The number of primary amides is 1. The van der Waals surface area contributed by atoms with Crippen molar-refractivity contribution in [2.75, 3.05) is 25.4 Å². The minimum absolute atomic E-state index is 0.138. The van der Waals surface area contributed by atoms with Crippen LogP contribution in [0.4, 0.5) is 0 Å². The second kappa shape index (κ2) is 9.08. The molecule has 6 nitrogen and oxygen atoms in total. The highest BCUT2D eigenvalue weighted by Crippen LogP contribution is 2.20. The number of nitrogens with zero attached hydrogens (tertiary/aromatic N) is 1. The van der Waals surface area contributed by atoms with Gasteiger partial charge in [-0.15, -0.1) is 11.8 Å². The van der Waals surface area contributed by atoms with E-state index in [4.69, 9.17) is 10.5 Å². The summed E-state index contributed by atoms with van der Waals surface area (Å²) in [6.45, 7) is 0.568. The van der Waals surface area contributed by atoms with Crippen molar-refractivity contribution in [3.8, 4) is 0 Å². The van der Waals surface area contributed by atoms with Crippen LogP contribution in [0.5, 0.6) is 0 Å². The molecule has 1 aliphatic heterocycles. The van der Waals surface area contributed by atoms with Gasteiger partial charge >= 0.3 is 5.97 Å². The molecular weight excluding hydrogens is 396 g/mol. The topological polar surface area (TPSA) is 89.7 Å². The highest BCUT2D eigenvalue weighted by molar-refractivity contribution is 9.10. The van der Waals surface area contributed by atoms with Crippen molar-refractivity contribution in [2.45, 2.75) is 17.7 Å². The van der Waals surface area contributed by atoms with Crippen molar-refractivity contribution in [2.24, 2.45) is 11.7 Å². The summed E-state index contributed by atoms with van der Waals surface area (Å²) >= 11 is 4.69. The number of likely N-dealkylation sites (tertiary alicyclic amines) is 1. The molecule has 2 amide bonds. The average molecular weight is 415 g/mol. The second-order valence-corrected chi connectivity index (χ2v) is 7.45. The lowest BCUT2D eigenvalue weighted by molar-refractivity contribution is -0.151. The zero-order valence-corrected chi connectivity index (χ0v) is 15.5. The molecule has 0 unspecified atom stereocenters. The Morgan fingerprint density at radius 2 is 2.00 bits per heavy atom. The molecule has 0 saturated carbocycles. The van der Waals surface area contributed by atoms with Gasteiger partial charge in [0.1, 0.15) is 0 Å². The molecular formula is C16H19BrN2O4S. The number of thioether (sulfide) groups is 1. The van der Waals surface area contributed by atoms with Crippen LogP contribution in [0.2, 0.25) is 0 Å². The maximum Gasteiger partial charge on any atom is 0.316 e. The molecule has 0 spiro atoms. The predicted octanol–water partition coefficient (Wildman–Crippen LogP) is 1.81. The fourth-order valence-corrected chi connectivity index (χ4v) is 3.34. The molecule has 0 aromatic heterocycles. The number of rotatable bonds is 6. The molecule has 1 aromatic rings. The Kier molecular flexibility index (Phi) is 7.11. The van der Waals surface area contributed by atoms with Crippen molar-refractivity contribution in [1.29, 1.82) is 0 Å². The number of carbonyl (C=O) groups is 3. The van der Waals surface area contributed by atoms with Crippen molar-refractivity contribution in [3.63, 3.8) is 0 Å². The van der Waals surface area contributed by atoms with Gasteiger partial charge in [0.15, 0.2) is 6.61 Å². The first-order valence-electron chi connectivity index (χ1n) is 7.57. The number of benzene rings is 1. The summed E-state index contributed by atoms with van der Waals surface area (Å²) in [6.07, 6.45) is 1.43. The first-order valence-corrected chi connectivity index (χ1v) is 9.34. The van der Waals surface area contributed by atoms with Gasteiger partial charge in [-0.1, -0.05) is 15.9 Å². The van der Waals surface area contributed by atoms with Crippen molar-refractivity contribution in [3.05, 3.63) is 28.7 Å². The van der Waals surface area contributed by atoms with Gasteiger partial charge in [-0.25, -0.2) is 0 Å². The van der Waals surface area contributed by atoms with E-state index in [0.29, 0.717) is 19.5 Å². The molecule has 1 aromatic carbocycles. The first kappa shape index (κ1) is 18.8. The molecule has 1 atom stereocenters. The Balaban J connectivity index is 1.71. The van der Waals surface area contributed by atoms with Crippen LogP contribution < -0.4 is 5.73 Å². The fourth-order valence-electron chi connectivity index (χ4n) is 2.38. The van der Waals surface area contributed by atoms with E-state index in [-0.39, 0.29) is 24.2 Å². The minimum Gasteiger partial charge on any atom is -0.455 e. The van der Waals surface area contributed by atoms with Gasteiger partial charge in [-0.05, 0) is 37.1 Å². The number of hydrogen-bond acceptors (Lipinski definition) is 5. The maximum absolute atomic E-state index is 12.1. The summed E-state index contributed by atoms with van der Waals surface area (Å²) in [7, 11) is 0. The van der Waals surface area contributed by atoms with Crippen LogP contribution >= 0.6 is 27.7 Å². The largest absolute Gasteiger partial charge is 0.455 e. The smallest absolute Gasteiger partial charge is 0.316 e. The van der Waals surface area contributed by atoms with Gasteiger partial charge in [0.05, 0.1) is 11.7 Å². The molecule has 2 rings (SSSR count). The summed E-state index contributed by atoms with van der Waals surface area (Å²) in [5.74, 6) is -1.30. The monoisotopic (exact) mass is 414 g/mol. The van der Waals surface area contributed by atoms with Crippen molar-refractivity contribution in [1.82, 2.24) is 4.90 Å². The van der Waals surface area contributed by atoms with Gasteiger partial charge < -0.3 is 15.4 Å². The van der Waals surface area contributed by atoms with E-state index >= 15 is 0 Å². The molecule has 1 heterocycles. The molecule has 1 aliphatic rings. The third-order valence-corrected chi connectivity index (χ3v) is 5.22. The van der Waals surface area contributed by atoms with Gasteiger partial charge in [0.25, 0.3) is 5.91 Å². The van der Waals surface area contributed by atoms with Crippen LogP contribution in [-0.4, -0.2) is 48.1 Å². The molecule has 24 heavy (non-hydrogen) atoms. The lowest BCUT2D eigenvalue weighted by Crippen LogP contribution is -2.45. The zero-order chi connectivity index (χ0) is 17.5. The van der Waals surface area contributed by atoms with E-state index in [0.717, 1.165) is 15.8 Å². The lowest BCUT2D eigenvalue weighted by atomic mass is 9.97. The van der Waals surface area contributed by atoms with Gasteiger partial charge in [-0.2, -0.15) is 0 Å². The van der Waals surface area contributed by atoms with Gasteiger partial charge in [0.2, 0.25) is 5.91 Å². The van der Waals surface area contributed by atoms with E-state index in [1.165, 1.54) is 16.7 Å². The van der Waals surface area contributed by atoms with Crippen molar-refractivity contribution < 1.29 is 19.1 Å². The zero-order valence-electron chi connectivity index (χ0n) is 13.1. The van der Waals surface area contributed by atoms with Gasteiger partial charge in [-0.3, -0.25) is 14.4 Å². The summed E-state index contributed by atoms with van der Waals surface area (Å²) < 4.78 is 5.99. The quantitative estimate of drug-likeness (QED) is 0.566. The van der Waals surface area contributed by atoms with Crippen LogP contribution in [0.1, 0.15) is 12.8 Å². The number of ether oxygens (including phenoxy) is 1. The number of nitrogens with two attached hydrogens (primary N) is 1. The highest BCUT2D eigenvalue weighted by Gasteiger charge is 2.27. The molecule has 1 fully saturated rings. The molecule has 2 N–H and O–H groups in total. The lowest BCUT2D eigenvalue weighted by Gasteiger charge is -2.31. The van der Waals surface area contributed by atoms with Crippen LogP contribution in [0, 0.1) is 5.92 Å². The number of esters is 1. The van der Waals surface area contributed by atoms with Crippen LogP contribution in [-0.2, 0) is 19.1 Å². The van der Waals surface area contributed by atoms with Crippen molar-refractivity contribution >= 4 is 45.5 Å². The fraction of sp³-hybridized carbons (Fsp3) is 0.438. The highest BCUT2D eigenvalue weighted by atomic mass is 79.9. The van der Waals surface area contributed by atoms with E-state index < -0.39 is 11.9 Å². The average Bonchev–Trinajstić information content (AvgIpc) is 2.59. The molecule has 0 radical (unpaired) electrons. The van der Waals surface area contributed by atoms with Gasteiger partial charge in [0, 0.05) is 22.5 Å². The molecule has 8 heteroatoms. The van der Waals surface area contributed by atoms with Crippen LogP contribution in [0.3, 0.4) is 0 Å². The Morgan fingerprint density at radius 1 is 1.29 bits per heavy atom. The maximum atomic E-state index is 12.1. The van der Waals surface area contributed by atoms with E-state index in [1.54, 1.807) is 0 Å².